The normalized spacial score (nSPS) is 25.0. The first-order valence-electron chi connectivity index (χ1n) is 2.98. The van der Waals surface area contributed by atoms with Gasteiger partial charge in [-0.2, -0.15) is 11.8 Å². The summed E-state index contributed by atoms with van der Waals surface area (Å²) in [6.45, 7) is 0. The number of aliphatic hydroxyl groups is 1. The fraction of sp³-hybridized carbons (Fsp3) is 0.833. The molecule has 0 saturated carbocycles. The third kappa shape index (κ3) is 1.87. The van der Waals surface area contributed by atoms with Crippen LogP contribution in [0.3, 0.4) is 0 Å². The van der Waals surface area contributed by atoms with Crippen LogP contribution in [0.25, 0.3) is 0 Å². The molecule has 0 radical (unpaired) electrons. The van der Waals surface area contributed by atoms with Crippen molar-refractivity contribution in [2.75, 3.05) is 11.5 Å². The van der Waals surface area contributed by atoms with Gasteiger partial charge in [0.1, 0.15) is 5.60 Å². The number of hydrogen-bond donors (Lipinski definition) is 2. The van der Waals surface area contributed by atoms with E-state index in [4.69, 9.17) is 0 Å². The Hall–Kier alpha value is 0.310. The lowest BCUT2D eigenvalue weighted by atomic mass is 10.0. The zero-order valence-corrected chi connectivity index (χ0v) is 6.84. The molecular formula is C6H10OS2. The molecule has 0 atom stereocenters. The monoisotopic (exact) mass is 162 g/mol. The number of thiol groups is 1. The van der Waals surface area contributed by atoms with Crippen LogP contribution in [0.4, 0.5) is 0 Å². The van der Waals surface area contributed by atoms with Gasteiger partial charge in [-0.1, -0.05) is 5.18 Å². The van der Waals surface area contributed by atoms with Crippen molar-refractivity contribution in [2.24, 2.45) is 0 Å². The van der Waals surface area contributed by atoms with Gasteiger partial charge in [0.2, 0.25) is 0 Å². The summed E-state index contributed by atoms with van der Waals surface area (Å²) in [6, 6.07) is 0. The first-order chi connectivity index (χ1) is 4.27. The molecule has 52 valence electrons. The second-order valence-electron chi connectivity index (χ2n) is 2.26. The van der Waals surface area contributed by atoms with Crippen LogP contribution >= 0.6 is 23.8 Å². The summed E-state index contributed by atoms with van der Waals surface area (Å²) in [5.74, 6) is 2.06. The molecule has 1 N–H and O–H groups in total. The molecule has 0 aromatic carbocycles. The average Bonchev–Trinajstić information content (AvgIpc) is 1.90. The van der Waals surface area contributed by atoms with Crippen LogP contribution in [0.2, 0.25) is 0 Å². The van der Waals surface area contributed by atoms with Crippen molar-refractivity contribution in [3.05, 3.63) is 0 Å². The van der Waals surface area contributed by atoms with Gasteiger partial charge >= 0.3 is 0 Å². The molecule has 1 saturated heterocycles. The standard InChI is InChI=1S/C6H10OS2/c7-6(5-8)1-3-9-4-2-6/h7-8H,1-4H2. The van der Waals surface area contributed by atoms with Gasteiger partial charge < -0.3 is 5.11 Å². The minimum Gasteiger partial charge on any atom is -0.377 e. The summed E-state index contributed by atoms with van der Waals surface area (Å²) < 4.78 is 0. The molecule has 0 bridgehead atoms. The lowest BCUT2D eigenvalue weighted by molar-refractivity contribution is 0.0938. The highest BCUT2D eigenvalue weighted by Gasteiger charge is 2.26. The molecule has 0 unspecified atom stereocenters. The summed E-state index contributed by atoms with van der Waals surface area (Å²) >= 11 is 5.72. The number of hydrogen-bond acceptors (Lipinski definition) is 2. The molecule has 9 heavy (non-hydrogen) atoms. The van der Waals surface area contributed by atoms with Crippen molar-refractivity contribution < 1.29 is 5.11 Å². The second kappa shape index (κ2) is 2.93. The fourth-order valence-corrected chi connectivity index (χ4v) is 2.21. The van der Waals surface area contributed by atoms with Crippen LogP contribution in [0, 0.1) is 5.18 Å². The first-order valence-corrected chi connectivity index (χ1v) is 4.58. The van der Waals surface area contributed by atoms with Crippen LogP contribution in [-0.2, 0) is 0 Å². The van der Waals surface area contributed by atoms with E-state index in [-0.39, 0.29) is 0 Å². The quantitative estimate of drug-likeness (QED) is 0.521. The van der Waals surface area contributed by atoms with Crippen molar-refractivity contribution in [2.45, 2.75) is 18.4 Å². The Labute approximate surface area is 64.5 Å². The van der Waals surface area contributed by atoms with Crippen molar-refractivity contribution >= 4 is 23.8 Å². The molecule has 1 fully saturated rings. The Balaban J connectivity index is 2.49. The molecule has 0 aromatic heterocycles. The lowest BCUT2D eigenvalue weighted by Crippen LogP contribution is -2.30. The predicted molar refractivity (Wildman–Crippen MR) is 44.4 cm³/mol. The van der Waals surface area contributed by atoms with Crippen LogP contribution in [0.1, 0.15) is 12.8 Å². The largest absolute Gasteiger partial charge is 0.377 e. The molecule has 0 spiro atoms. The van der Waals surface area contributed by atoms with Crippen LogP contribution in [0.5, 0.6) is 0 Å². The zero-order valence-electron chi connectivity index (χ0n) is 5.13. The minimum absolute atomic E-state index is 0.686. The van der Waals surface area contributed by atoms with E-state index in [1.807, 2.05) is 11.8 Å². The molecule has 1 aliphatic heterocycles. The van der Waals surface area contributed by atoms with E-state index >= 15 is 0 Å². The maximum absolute atomic E-state index is 9.48. The third-order valence-corrected chi connectivity index (χ3v) is 2.93. The Morgan fingerprint density at radius 1 is 1.44 bits per heavy atom. The highest BCUT2D eigenvalue weighted by molar-refractivity contribution is 7.99. The topological polar surface area (TPSA) is 20.2 Å². The van der Waals surface area contributed by atoms with E-state index in [1.165, 1.54) is 0 Å². The van der Waals surface area contributed by atoms with Gasteiger partial charge in [0.05, 0.1) is 0 Å². The van der Waals surface area contributed by atoms with E-state index in [2.05, 4.69) is 17.2 Å². The third-order valence-electron chi connectivity index (χ3n) is 1.53. The summed E-state index contributed by atoms with van der Waals surface area (Å²) in [5, 5.41) is 12.1. The Kier molecular flexibility index (Phi) is 2.42. The summed E-state index contributed by atoms with van der Waals surface area (Å²) in [4.78, 5) is 0. The molecule has 3 heteroatoms. The Morgan fingerprint density at radius 3 is 2.33 bits per heavy atom. The van der Waals surface area contributed by atoms with Gasteiger partial charge in [0, 0.05) is 0 Å². The van der Waals surface area contributed by atoms with Crippen LogP contribution in [0.15, 0.2) is 0 Å². The van der Waals surface area contributed by atoms with Gasteiger partial charge in [0.25, 0.3) is 0 Å². The van der Waals surface area contributed by atoms with Gasteiger partial charge in [0.15, 0.2) is 0 Å². The van der Waals surface area contributed by atoms with Gasteiger partial charge in [-0.05, 0) is 24.3 Å². The molecule has 0 aliphatic carbocycles. The maximum Gasteiger partial charge on any atom is 0.128 e. The van der Waals surface area contributed by atoms with E-state index in [9.17, 15) is 5.11 Å². The minimum atomic E-state index is -0.686. The Bertz CT molecular complexity index is 132. The predicted octanol–water partition coefficient (Wildman–Crippen LogP) is 1.13. The molecular weight excluding hydrogens is 152 g/mol. The van der Waals surface area contributed by atoms with Crippen molar-refractivity contribution in [1.29, 1.82) is 0 Å². The lowest BCUT2D eigenvalue weighted by Gasteiger charge is -2.25. The summed E-state index contributed by atoms with van der Waals surface area (Å²) in [5.41, 5.74) is -0.686. The molecule has 1 rings (SSSR count). The average molecular weight is 162 g/mol. The molecule has 1 nitrogen and oxygen atoms in total. The molecule has 0 amide bonds. The van der Waals surface area contributed by atoms with Gasteiger partial charge in [-0.3, -0.25) is 0 Å². The van der Waals surface area contributed by atoms with Crippen molar-refractivity contribution in [1.82, 2.24) is 0 Å². The molecule has 0 aromatic rings. The number of rotatable bonds is 0. The number of thioether (sulfide) groups is 1. The van der Waals surface area contributed by atoms with Crippen molar-refractivity contribution in [3.63, 3.8) is 0 Å². The van der Waals surface area contributed by atoms with Gasteiger partial charge in [-0.25, -0.2) is 0 Å². The maximum atomic E-state index is 9.48. The highest BCUT2D eigenvalue weighted by Crippen LogP contribution is 2.25. The van der Waals surface area contributed by atoms with Crippen molar-refractivity contribution in [3.8, 4) is 5.18 Å². The zero-order chi connectivity index (χ0) is 6.74. The first kappa shape index (κ1) is 7.42. The fourth-order valence-electron chi connectivity index (χ4n) is 0.821. The summed E-state index contributed by atoms with van der Waals surface area (Å²) in [7, 11) is 0. The summed E-state index contributed by atoms with van der Waals surface area (Å²) in [6.07, 6.45) is 1.61. The second-order valence-corrected chi connectivity index (χ2v) is 3.70. The van der Waals surface area contributed by atoms with Crippen LogP contribution in [-0.4, -0.2) is 22.2 Å². The highest BCUT2D eigenvalue weighted by atomic mass is 32.2. The van der Waals surface area contributed by atoms with Gasteiger partial charge in [-0.15, -0.1) is 12.0 Å². The molecule has 1 aliphatic rings. The van der Waals surface area contributed by atoms with Crippen LogP contribution < -0.4 is 0 Å². The van der Waals surface area contributed by atoms with E-state index < -0.39 is 5.60 Å². The SMILES string of the molecule is OC1(C#[SH])CCSCC1. The Morgan fingerprint density at radius 2 is 2.00 bits per heavy atom. The van der Waals surface area contributed by atoms with E-state index in [0.29, 0.717) is 0 Å². The van der Waals surface area contributed by atoms with E-state index in [0.717, 1.165) is 24.3 Å². The van der Waals surface area contributed by atoms with E-state index in [1.54, 1.807) is 0 Å². The smallest absolute Gasteiger partial charge is 0.128 e. The molecule has 1 heterocycles.